The highest BCUT2D eigenvalue weighted by molar-refractivity contribution is 6.18. The van der Waals surface area contributed by atoms with Crippen molar-refractivity contribution in [1.29, 1.82) is 0 Å². The zero-order valence-corrected chi connectivity index (χ0v) is 11.6. The number of carbonyl (C=O) groups is 1. The van der Waals surface area contributed by atoms with Gasteiger partial charge in [-0.05, 0) is 31.6 Å². The number of alkyl halides is 1. The summed E-state index contributed by atoms with van der Waals surface area (Å²) in [7, 11) is 0. The fourth-order valence-corrected chi connectivity index (χ4v) is 3.68. The molecule has 2 nitrogen and oxygen atoms in total. The molecule has 98 valence electrons. The van der Waals surface area contributed by atoms with Crippen LogP contribution in [0.25, 0.3) is 0 Å². The highest BCUT2D eigenvalue weighted by Crippen LogP contribution is 2.37. The van der Waals surface area contributed by atoms with Gasteiger partial charge in [-0.3, -0.25) is 4.79 Å². The van der Waals surface area contributed by atoms with Crippen molar-refractivity contribution in [2.45, 2.75) is 64.3 Å². The first kappa shape index (κ1) is 13.2. The normalized spacial score (nSPS) is 32.4. The second kappa shape index (κ2) is 5.60. The van der Waals surface area contributed by atoms with Crippen LogP contribution in [-0.2, 0) is 4.79 Å². The number of halogens is 1. The average molecular weight is 258 g/mol. The van der Waals surface area contributed by atoms with Crippen LogP contribution in [0.3, 0.4) is 0 Å². The molecule has 0 bridgehead atoms. The third kappa shape index (κ3) is 2.96. The summed E-state index contributed by atoms with van der Waals surface area (Å²) in [6, 6.07) is 0.332. The molecule has 1 N–H and O–H groups in total. The molecule has 17 heavy (non-hydrogen) atoms. The van der Waals surface area contributed by atoms with E-state index in [0.717, 1.165) is 19.3 Å². The first-order chi connectivity index (χ1) is 8.15. The Morgan fingerprint density at radius 3 is 2.59 bits per heavy atom. The molecular formula is C14H24ClNO. The Hall–Kier alpha value is -0.240. The molecule has 1 amide bonds. The molecule has 0 aromatic carbocycles. The smallest absolute Gasteiger partial charge is 0.226 e. The predicted molar refractivity (Wildman–Crippen MR) is 71.2 cm³/mol. The van der Waals surface area contributed by atoms with Crippen molar-refractivity contribution >= 4 is 17.5 Å². The largest absolute Gasteiger partial charge is 0.353 e. The van der Waals surface area contributed by atoms with Gasteiger partial charge < -0.3 is 5.32 Å². The molecule has 2 fully saturated rings. The van der Waals surface area contributed by atoms with Crippen molar-refractivity contribution in [1.82, 2.24) is 5.32 Å². The standard InChI is InChI=1S/C14H24ClNO/c1-14(8-3-2-4-9-14)13(17)16-12-7-5-6-11(12)10-15/h11-12H,2-10H2,1H3,(H,16,17). The van der Waals surface area contributed by atoms with Gasteiger partial charge >= 0.3 is 0 Å². The summed E-state index contributed by atoms with van der Waals surface area (Å²) >= 11 is 5.96. The molecule has 2 aliphatic rings. The second-order valence-corrected chi connectivity index (χ2v) is 6.36. The van der Waals surface area contributed by atoms with E-state index in [4.69, 9.17) is 11.6 Å². The van der Waals surface area contributed by atoms with E-state index in [-0.39, 0.29) is 11.3 Å². The molecule has 2 saturated carbocycles. The summed E-state index contributed by atoms with van der Waals surface area (Å²) in [6.07, 6.45) is 9.29. The molecule has 2 atom stereocenters. The highest BCUT2D eigenvalue weighted by atomic mass is 35.5. The van der Waals surface area contributed by atoms with Crippen LogP contribution in [0.15, 0.2) is 0 Å². The third-order valence-corrected chi connectivity index (χ3v) is 5.08. The van der Waals surface area contributed by atoms with Crippen molar-refractivity contribution in [2.24, 2.45) is 11.3 Å². The lowest BCUT2D eigenvalue weighted by atomic mass is 9.75. The quantitative estimate of drug-likeness (QED) is 0.771. The van der Waals surface area contributed by atoms with E-state index < -0.39 is 0 Å². The summed E-state index contributed by atoms with van der Waals surface area (Å²) in [6.45, 7) is 2.13. The lowest BCUT2D eigenvalue weighted by Gasteiger charge is -2.34. The monoisotopic (exact) mass is 257 g/mol. The van der Waals surface area contributed by atoms with Crippen LogP contribution in [-0.4, -0.2) is 17.8 Å². The summed E-state index contributed by atoms with van der Waals surface area (Å²) < 4.78 is 0. The predicted octanol–water partition coefficient (Wildman–Crippen LogP) is 3.48. The maximum absolute atomic E-state index is 12.4. The molecule has 2 rings (SSSR count). The molecular weight excluding hydrogens is 234 g/mol. The minimum atomic E-state index is -0.113. The first-order valence-electron chi connectivity index (χ1n) is 7.03. The van der Waals surface area contributed by atoms with E-state index in [1.54, 1.807) is 0 Å². The van der Waals surface area contributed by atoms with E-state index >= 15 is 0 Å². The van der Waals surface area contributed by atoms with Gasteiger partial charge in [-0.25, -0.2) is 0 Å². The van der Waals surface area contributed by atoms with Gasteiger partial charge in [0.25, 0.3) is 0 Å². The summed E-state index contributed by atoms with van der Waals surface area (Å²) in [5.41, 5.74) is -0.113. The van der Waals surface area contributed by atoms with Gasteiger partial charge in [0.1, 0.15) is 0 Å². The van der Waals surface area contributed by atoms with Crippen LogP contribution < -0.4 is 5.32 Å². The van der Waals surface area contributed by atoms with Crippen LogP contribution >= 0.6 is 11.6 Å². The van der Waals surface area contributed by atoms with Gasteiger partial charge in [0.05, 0.1) is 0 Å². The lowest BCUT2D eigenvalue weighted by Crippen LogP contribution is -2.46. The van der Waals surface area contributed by atoms with Gasteiger partial charge in [-0.1, -0.05) is 32.6 Å². The second-order valence-electron chi connectivity index (χ2n) is 6.05. The van der Waals surface area contributed by atoms with E-state index in [9.17, 15) is 4.79 Å². The topological polar surface area (TPSA) is 29.1 Å². The number of hydrogen-bond donors (Lipinski definition) is 1. The van der Waals surface area contributed by atoms with Crippen molar-refractivity contribution in [3.8, 4) is 0 Å². The van der Waals surface area contributed by atoms with E-state index in [2.05, 4.69) is 12.2 Å². The Labute approximate surface area is 109 Å². The molecule has 2 unspecified atom stereocenters. The molecule has 0 spiro atoms. The van der Waals surface area contributed by atoms with Gasteiger partial charge in [0.15, 0.2) is 0 Å². The molecule has 3 heteroatoms. The van der Waals surface area contributed by atoms with Gasteiger partial charge in [-0.2, -0.15) is 0 Å². The van der Waals surface area contributed by atoms with E-state index in [1.807, 2.05) is 0 Å². The van der Waals surface area contributed by atoms with Gasteiger partial charge in [0, 0.05) is 17.3 Å². The first-order valence-corrected chi connectivity index (χ1v) is 7.56. The Bertz CT molecular complexity index is 273. The maximum atomic E-state index is 12.4. The van der Waals surface area contributed by atoms with Gasteiger partial charge in [0.2, 0.25) is 5.91 Å². The highest BCUT2D eigenvalue weighted by Gasteiger charge is 2.37. The van der Waals surface area contributed by atoms with Crippen molar-refractivity contribution in [3.05, 3.63) is 0 Å². The van der Waals surface area contributed by atoms with Crippen LogP contribution in [0.5, 0.6) is 0 Å². The number of nitrogens with one attached hydrogen (secondary N) is 1. The van der Waals surface area contributed by atoms with Crippen LogP contribution in [0.2, 0.25) is 0 Å². The van der Waals surface area contributed by atoms with Crippen LogP contribution in [0, 0.1) is 11.3 Å². The molecule has 0 aromatic heterocycles. The molecule has 2 aliphatic carbocycles. The van der Waals surface area contributed by atoms with Crippen LogP contribution in [0.1, 0.15) is 58.3 Å². The van der Waals surface area contributed by atoms with Gasteiger partial charge in [-0.15, -0.1) is 11.6 Å². The number of hydrogen-bond acceptors (Lipinski definition) is 1. The Balaban J connectivity index is 1.91. The van der Waals surface area contributed by atoms with Crippen molar-refractivity contribution in [2.75, 3.05) is 5.88 Å². The van der Waals surface area contributed by atoms with E-state index in [0.29, 0.717) is 17.8 Å². The fraction of sp³-hybridized carbons (Fsp3) is 0.929. The molecule has 0 aliphatic heterocycles. The number of amides is 1. The Morgan fingerprint density at radius 1 is 1.24 bits per heavy atom. The third-order valence-electron chi connectivity index (χ3n) is 4.68. The number of rotatable bonds is 3. The molecule has 0 aromatic rings. The number of carbonyl (C=O) groups excluding carboxylic acids is 1. The minimum absolute atomic E-state index is 0.113. The Kier molecular flexibility index (Phi) is 4.35. The van der Waals surface area contributed by atoms with Crippen molar-refractivity contribution < 1.29 is 4.79 Å². The minimum Gasteiger partial charge on any atom is -0.353 e. The lowest BCUT2D eigenvalue weighted by molar-refractivity contribution is -0.132. The van der Waals surface area contributed by atoms with Crippen LogP contribution in [0.4, 0.5) is 0 Å². The fourth-order valence-electron chi connectivity index (χ4n) is 3.31. The SMILES string of the molecule is CC1(C(=O)NC2CCCC2CCl)CCCCC1. The summed E-state index contributed by atoms with van der Waals surface area (Å²) in [5.74, 6) is 1.45. The molecule has 0 saturated heterocycles. The zero-order valence-electron chi connectivity index (χ0n) is 10.8. The summed E-state index contributed by atoms with van der Waals surface area (Å²) in [5, 5.41) is 3.27. The van der Waals surface area contributed by atoms with Crippen molar-refractivity contribution in [3.63, 3.8) is 0 Å². The molecule has 0 heterocycles. The Morgan fingerprint density at radius 2 is 1.94 bits per heavy atom. The van der Waals surface area contributed by atoms with E-state index in [1.165, 1.54) is 32.1 Å². The maximum Gasteiger partial charge on any atom is 0.226 e. The zero-order chi connectivity index (χ0) is 12.3. The summed E-state index contributed by atoms with van der Waals surface area (Å²) in [4.78, 5) is 12.4. The molecule has 0 radical (unpaired) electrons. The average Bonchev–Trinajstić information content (AvgIpc) is 2.77.